The molecule has 0 bridgehead atoms. The Balaban J connectivity index is 0.908. The third-order valence-electron chi connectivity index (χ3n) is 11.4. The number of carbonyl (C=O) groups is 3. The van der Waals surface area contributed by atoms with Crippen LogP contribution in [0.15, 0.2) is 103 Å². The molecule has 0 saturated carbocycles. The fraction of sp³-hybridized carbons (Fsp3) is 0.400. The minimum atomic E-state index is -0.617. The molecule has 3 aliphatic rings. The summed E-state index contributed by atoms with van der Waals surface area (Å²) < 4.78 is 13.2. The molecule has 0 aliphatic carbocycles. The number of nitrogen functional groups attached to an aromatic ring is 1. The molecule has 12 heteroatoms. The molecule has 3 atom stereocenters. The van der Waals surface area contributed by atoms with Crippen molar-refractivity contribution < 1.29 is 29.0 Å². The minimum absolute atomic E-state index is 0.0224. The van der Waals surface area contributed by atoms with Gasteiger partial charge in [-0.3, -0.25) is 14.4 Å². The van der Waals surface area contributed by atoms with Crippen LogP contribution < -0.4 is 26.6 Å². The lowest BCUT2D eigenvalue weighted by molar-refractivity contribution is -0.253. The summed E-state index contributed by atoms with van der Waals surface area (Å²) >= 11 is 0. The lowest BCUT2D eigenvalue weighted by Crippen LogP contribution is -2.57. The van der Waals surface area contributed by atoms with Crippen LogP contribution in [0, 0.1) is 0 Å². The first-order valence-electron chi connectivity index (χ1n) is 20.2. The molecule has 3 fully saturated rings. The SMILES string of the molecule is Nc1ccccc1NC(=O)CCCCCCC(=O)Nc1ccc(C2OC(CN3CCC4(CC3)C(=O)NCN4c3ccccc3)CC(c3ccc(CO)cc3)O2)cc1. The molecule has 3 amide bonds. The number of aliphatic hydroxyl groups is 1. The number of piperidine rings is 1. The van der Waals surface area contributed by atoms with Gasteiger partial charge in [0.15, 0.2) is 6.29 Å². The first-order valence-corrected chi connectivity index (χ1v) is 20.2. The van der Waals surface area contributed by atoms with Gasteiger partial charge >= 0.3 is 0 Å². The number of amides is 3. The average molecular weight is 775 g/mol. The van der Waals surface area contributed by atoms with Gasteiger partial charge < -0.3 is 46.1 Å². The van der Waals surface area contributed by atoms with Crippen LogP contribution in [-0.2, 0) is 30.5 Å². The largest absolute Gasteiger partial charge is 0.397 e. The molecule has 3 unspecified atom stereocenters. The molecule has 0 aromatic heterocycles. The monoisotopic (exact) mass is 774 g/mol. The number of hydrogen-bond acceptors (Lipinski definition) is 9. The van der Waals surface area contributed by atoms with E-state index in [0.29, 0.717) is 49.5 Å². The van der Waals surface area contributed by atoms with Gasteiger partial charge in [0.05, 0.1) is 36.9 Å². The summed E-state index contributed by atoms with van der Waals surface area (Å²) in [5, 5.41) is 18.6. The molecular formula is C45H54N6O6. The zero-order chi connectivity index (χ0) is 39.6. The first-order chi connectivity index (χ1) is 27.8. The van der Waals surface area contributed by atoms with Gasteiger partial charge in [-0.05, 0) is 73.2 Å². The van der Waals surface area contributed by atoms with Crippen LogP contribution in [0.3, 0.4) is 0 Å². The second kappa shape index (κ2) is 18.8. The zero-order valence-corrected chi connectivity index (χ0v) is 32.4. The highest BCUT2D eigenvalue weighted by molar-refractivity contribution is 5.94. The predicted molar refractivity (Wildman–Crippen MR) is 221 cm³/mol. The number of para-hydroxylation sites is 3. The van der Waals surface area contributed by atoms with Gasteiger partial charge in [-0.15, -0.1) is 0 Å². The summed E-state index contributed by atoms with van der Waals surface area (Å²) in [5.41, 5.74) is 11.0. The number of anilines is 4. The fourth-order valence-electron chi connectivity index (χ4n) is 8.15. The highest BCUT2D eigenvalue weighted by atomic mass is 16.7. The quantitative estimate of drug-likeness (QED) is 0.0659. The number of rotatable bonds is 15. The van der Waals surface area contributed by atoms with Crippen molar-refractivity contribution in [1.29, 1.82) is 0 Å². The lowest BCUT2D eigenvalue weighted by atomic mass is 9.85. The third-order valence-corrected chi connectivity index (χ3v) is 11.4. The maximum absolute atomic E-state index is 13.2. The number of carbonyl (C=O) groups excluding carboxylic acids is 3. The van der Waals surface area contributed by atoms with E-state index in [1.54, 1.807) is 12.1 Å². The number of unbranched alkanes of at least 4 members (excludes halogenated alkanes) is 3. The third kappa shape index (κ3) is 10.0. The van der Waals surface area contributed by atoms with Crippen LogP contribution >= 0.6 is 0 Å². The van der Waals surface area contributed by atoms with Crippen molar-refractivity contribution in [2.24, 2.45) is 0 Å². The van der Waals surface area contributed by atoms with E-state index < -0.39 is 11.8 Å². The molecule has 3 saturated heterocycles. The molecule has 12 nitrogen and oxygen atoms in total. The lowest BCUT2D eigenvalue weighted by Gasteiger charge is -2.45. The molecule has 3 aliphatic heterocycles. The van der Waals surface area contributed by atoms with Gasteiger partial charge in [0.25, 0.3) is 0 Å². The summed E-state index contributed by atoms with van der Waals surface area (Å²) in [6, 6.07) is 32.8. The number of nitrogens with zero attached hydrogens (tertiary/aromatic N) is 2. The van der Waals surface area contributed by atoms with Gasteiger partial charge in [0.2, 0.25) is 17.7 Å². The molecule has 57 heavy (non-hydrogen) atoms. The van der Waals surface area contributed by atoms with Crippen molar-refractivity contribution in [2.45, 2.75) is 88.4 Å². The van der Waals surface area contributed by atoms with E-state index in [-0.39, 0.29) is 36.5 Å². The maximum Gasteiger partial charge on any atom is 0.247 e. The Kier molecular flexibility index (Phi) is 13.2. The number of nitrogens with one attached hydrogen (secondary N) is 3. The van der Waals surface area contributed by atoms with Crippen molar-refractivity contribution in [2.75, 3.05) is 47.6 Å². The summed E-state index contributed by atoms with van der Waals surface area (Å²) in [4.78, 5) is 42.9. The number of benzene rings is 4. The molecule has 4 aromatic rings. The Morgan fingerprint density at radius 2 is 1.44 bits per heavy atom. The average Bonchev–Trinajstić information content (AvgIpc) is 3.55. The highest BCUT2D eigenvalue weighted by Gasteiger charge is 2.50. The van der Waals surface area contributed by atoms with E-state index >= 15 is 0 Å². The molecule has 1 spiro atoms. The maximum atomic E-state index is 13.2. The Labute approximate surface area is 334 Å². The second-order valence-corrected chi connectivity index (χ2v) is 15.3. The van der Waals surface area contributed by atoms with E-state index in [2.05, 4.69) is 37.9 Å². The van der Waals surface area contributed by atoms with Crippen LogP contribution in [0.2, 0.25) is 0 Å². The van der Waals surface area contributed by atoms with Crippen LogP contribution in [0.1, 0.15) is 86.9 Å². The number of ether oxygens (including phenoxy) is 2. The van der Waals surface area contributed by atoms with Crippen LogP contribution in [0.25, 0.3) is 0 Å². The van der Waals surface area contributed by atoms with Crippen molar-refractivity contribution in [3.05, 3.63) is 120 Å². The minimum Gasteiger partial charge on any atom is -0.397 e. The van der Waals surface area contributed by atoms with E-state index in [0.717, 1.165) is 74.0 Å². The normalized spacial score (nSPS) is 20.6. The predicted octanol–water partition coefficient (Wildman–Crippen LogP) is 6.65. The van der Waals surface area contributed by atoms with E-state index in [1.165, 1.54) is 0 Å². The van der Waals surface area contributed by atoms with Crippen molar-refractivity contribution >= 4 is 40.5 Å². The number of nitrogens with two attached hydrogens (primary N) is 1. The number of aliphatic hydroxyl groups excluding tert-OH is 1. The van der Waals surface area contributed by atoms with Gasteiger partial charge in [-0.2, -0.15) is 0 Å². The van der Waals surface area contributed by atoms with E-state index in [1.807, 2.05) is 78.9 Å². The second-order valence-electron chi connectivity index (χ2n) is 15.3. The standard InChI is InChI=1S/C45H54N6O6/c46-38-12-8-9-13-39(38)49-42(54)15-7-2-1-6-14-41(53)48-35-22-20-34(21-23-35)43-56-37(28-40(57-43)33-18-16-32(30-52)17-19-33)29-50-26-24-45(25-27-50)44(55)47-31-51(45)36-10-4-3-5-11-36/h3-5,8-13,16-23,37,40,43,52H,1-2,6-7,14-15,24-31,46H2,(H,47,55)(H,48,53)(H,49,54). The summed E-state index contributed by atoms with van der Waals surface area (Å²) in [5.74, 6) is -0.0156. The molecule has 3 heterocycles. The molecule has 300 valence electrons. The fourth-order valence-corrected chi connectivity index (χ4v) is 8.15. The molecule has 6 N–H and O–H groups in total. The first kappa shape index (κ1) is 39.9. The Morgan fingerprint density at radius 1 is 0.789 bits per heavy atom. The van der Waals surface area contributed by atoms with Gasteiger partial charge in [-0.25, -0.2) is 0 Å². The van der Waals surface area contributed by atoms with Gasteiger partial charge in [-0.1, -0.05) is 79.6 Å². The molecular weight excluding hydrogens is 721 g/mol. The topological polar surface area (TPSA) is 158 Å². The highest BCUT2D eigenvalue weighted by Crippen LogP contribution is 2.40. The summed E-state index contributed by atoms with van der Waals surface area (Å²) in [6.07, 6.45) is 5.15. The van der Waals surface area contributed by atoms with Crippen LogP contribution in [0.4, 0.5) is 22.7 Å². The van der Waals surface area contributed by atoms with Crippen molar-refractivity contribution in [3.63, 3.8) is 0 Å². The van der Waals surface area contributed by atoms with Gasteiger partial charge in [0, 0.05) is 55.8 Å². The Morgan fingerprint density at radius 3 is 2.12 bits per heavy atom. The van der Waals surface area contributed by atoms with E-state index in [4.69, 9.17) is 15.2 Å². The van der Waals surface area contributed by atoms with E-state index in [9.17, 15) is 19.5 Å². The Hall–Kier alpha value is -5.27. The molecule has 7 rings (SSSR count). The Bertz CT molecular complexity index is 1950. The smallest absolute Gasteiger partial charge is 0.247 e. The summed E-state index contributed by atoms with van der Waals surface area (Å²) in [6.45, 7) is 2.74. The van der Waals surface area contributed by atoms with Gasteiger partial charge in [0.1, 0.15) is 5.54 Å². The van der Waals surface area contributed by atoms with Crippen molar-refractivity contribution in [1.82, 2.24) is 10.2 Å². The van der Waals surface area contributed by atoms with Crippen LogP contribution in [-0.4, -0.2) is 65.7 Å². The molecule has 4 aromatic carbocycles. The summed E-state index contributed by atoms with van der Waals surface area (Å²) in [7, 11) is 0. The number of likely N-dealkylation sites (tertiary alicyclic amines) is 1. The number of hydrogen-bond donors (Lipinski definition) is 5. The van der Waals surface area contributed by atoms with Crippen molar-refractivity contribution in [3.8, 4) is 0 Å². The molecule has 0 radical (unpaired) electrons. The zero-order valence-electron chi connectivity index (χ0n) is 32.4. The van der Waals surface area contributed by atoms with Crippen LogP contribution in [0.5, 0.6) is 0 Å².